The molecule has 0 aliphatic rings. The third kappa shape index (κ3) is 10.9. The van der Waals surface area contributed by atoms with Crippen molar-refractivity contribution in [3.63, 3.8) is 0 Å². The molecule has 108 valence electrons. The molecule has 1 N–H and O–H groups in total. The first-order valence-corrected chi connectivity index (χ1v) is 8.61. The van der Waals surface area contributed by atoms with Crippen molar-refractivity contribution in [1.82, 2.24) is 0 Å². The number of hydrogen-bond acceptors (Lipinski definition) is 2. The van der Waals surface area contributed by atoms with Gasteiger partial charge in [0.2, 0.25) is 0 Å². The lowest BCUT2D eigenvalue weighted by molar-refractivity contribution is -0.136. The first-order chi connectivity index (χ1) is 8.72. The third-order valence-corrected chi connectivity index (χ3v) is 4.53. The molecule has 0 saturated carbocycles. The molecule has 2 nitrogen and oxygen atoms in total. The van der Waals surface area contributed by atoms with Gasteiger partial charge in [0.05, 0.1) is 0 Å². The average molecular weight is 274 g/mol. The molecule has 0 radical (unpaired) electrons. The maximum atomic E-state index is 11.1. The van der Waals surface area contributed by atoms with Crippen molar-refractivity contribution in [2.45, 2.75) is 83.3 Å². The Kier molecular flexibility index (Phi) is 13.1. The van der Waals surface area contributed by atoms with Crippen molar-refractivity contribution in [3.8, 4) is 0 Å². The molecule has 1 unspecified atom stereocenters. The van der Waals surface area contributed by atoms with Crippen LogP contribution >= 0.6 is 11.8 Å². The number of aliphatic carboxylic acids is 1. The van der Waals surface area contributed by atoms with Gasteiger partial charge in [0.1, 0.15) is 5.25 Å². The fourth-order valence-electron chi connectivity index (χ4n) is 1.97. The van der Waals surface area contributed by atoms with E-state index in [-0.39, 0.29) is 5.25 Å². The van der Waals surface area contributed by atoms with Crippen molar-refractivity contribution < 1.29 is 9.90 Å². The molecule has 1 atom stereocenters. The van der Waals surface area contributed by atoms with Crippen LogP contribution in [0.15, 0.2) is 0 Å². The van der Waals surface area contributed by atoms with E-state index in [9.17, 15) is 4.79 Å². The Morgan fingerprint density at radius 1 is 0.944 bits per heavy atom. The lowest BCUT2D eigenvalue weighted by Gasteiger charge is -2.11. The topological polar surface area (TPSA) is 37.3 Å². The van der Waals surface area contributed by atoms with E-state index in [0.717, 1.165) is 31.4 Å². The second kappa shape index (κ2) is 13.3. The molecule has 0 heterocycles. The highest BCUT2D eigenvalue weighted by Gasteiger charge is 2.16. The molecule has 0 aromatic rings. The third-order valence-electron chi connectivity index (χ3n) is 3.16. The van der Waals surface area contributed by atoms with Crippen LogP contribution in [0, 0.1) is 0 Å². The first kappa shape index (κ1) is 17.8. The zero-order valence-electron chi connectivity index (χ0n) is 12.1. The van der Waals surface area contributed by atoms with E-state index in [0.29, 0.717) is 0 Å². The van der Waals surface area contributed by atoms with Crippen LogP contribution in [0.2, 0.25) is 0 Å². The summed E-state index contributed by atoms with van der Waals surface area (Å²) in [5, 5.41) is 8.95. The molecule has 0 aliphatic carbocycles. The van der Waals surface area contributed by atoms with E-state index in [1.54, 1.807) is 11.8 Å². The SMILES string of the molecule is CCCCCCCCSC(CCCCC)C(=O)O. The number of hydrogen-bond donors (Lipinski definition) is 1. The summed E-state index contributed by atoms with van der Waals surface area (Å²) in [5.41, 5.74) is 0. The summed E-state index contributed by atoms with van der Waals surface area (Å²) in [6, 6.07) is 0. The number of unbranched alkanes of at least 4 members (excludes halogenated alkanes) is 7. The minimum absolute atomic E-state index is 0.174. The fraction of sp³-hybridized carbons (Fsp3) is 0.933. The van der Waals surface area contributed by atoms with Gasteiger partial charge in [-0.05, 0) is 18.6 Å². The second-order valence-corrected chi connectivity index (χ2v) is 6.27. The van der Waals surface area contributed by atoms with Crippen LogP contribution in [-0.2, 0) is 4.79 Å². The molecule has 0 spiro atoms. The smallest absolute Gasteiger partial charge is 0.316 e. The minimum atomic E-state index is -0.623. The fourth-order valence-corrected chi connectivity index (χ4v) is 3.10. The molecule has 0 bridgehead atoms. The van der Waals surface area contributed by atoms with Crippen molar-refractivity contribution in [1.29, 1.82) is 0 Å². The van der Waals surface area contributed by atoms with Gasteiger partial charge in [0.15, 0.2) is 0 Å². The van der Waals surface area contributed by atoms with Gasteiger partial charge in [-0.25, -0.2) is 0 Å². The van der Waals surface area contributed by atoms with E-state index < -0.39 is 5.97 Å². The van der Waals surface area contributed by atoms with Crippen molar-refractivity contribution in [2.24, 2.45) is 0 Å². The van der Waals surface area contributed by atoms with E-state index in [2.05, 4.69) is 13.8 Å². The average Bonchev–Trinajstić information content (AvgIpc) is 2.35. The summed E-state index contributed by atoms with van der Waals surface area (Å²) in [5.74, 6) is 0.386. The number of carboxylic acid groups (broad SMARTS) is 1. The van der Waals surface area contributed by atoms with Crippen LogP contribution in [-0.4, -0.2) is 22.1 Å². The van der Waals surface area contributed by atoms with Crippen LogP contribution in [0.3, 0.4) is 0 Å². The number of thioether (sulfide) groups is 1. The maximum Gasteiger partial charge on any atom is 0.316 e. The summed E-state index contributed by atoms with van der Waals surface area (Å²) in [4.78, 5) is 11.1. The molecule has 18 heavy (non-hydrogen) atoms. The Morgan fingerprint density at radius 3 is 2.11 bits per heavy atom. The molecule has 0 aliphatic heterocycles. The normalized spacial score (nSPS) is 12.6. The van der Waals surface area contributed by atoms with E-state index in [4.69, 9.17) is 5.11 Å². The predicted octanol–water partition coefficient (Wildman–Crippen LogP) is 5.11. The molecule has 0 rings (SSSR count). The number of carbonyl (C=O) groups is 1. The predicted molar refractivity (Wildman–Crippen MR) is 81.4 cm³/mol. The highest BCUT2D eigenvalue weighted by molar-refractivity contribution is 8.00. The van der Waals surface area contributed by atoms with Gasteiger partial charge in [-0.2, -0.15) is 0 Å². The van der Waals surface area contributed by atoms with E-state index in [1.807, 2.05) is 0 Å². The molecule has 0 aromatic carbocycles. The van der Waals surface area contributed by atoms with Crippen LogP contribution in [0.5, 0.6) is 0 Å². The van der Waals surface area contributed by atoms with Gasteiger partial charge in [0, 0.05) is 0 Å². The summed E-state index contributed by atoms with van der Waals surface area (Å²) in [6.45, 7) is 4.38. The van der Waals surface area contributed by atoms with Gasteiger partial charge in [-0.1, -0.05) is 65.2 Å². The van der Waals surface area contributed by atoms with Gasteiger partial charge < -0.3 is 5.11 Å². The summed E-state index contributed by atoms with van der Waals surface area (Å²) < 4.78 is 0. The minimum Gasteiger partial charge on any atom is -0.480 e. The van der Waals surface area contributed by atoms with Gasteiger partial charge in [0.25, 0.3) is 0 Å². The second-order valence-electron chi connectivity index (χ2n) is 4.96. The number of carboxylic acids is 1. The highest BCUT2D eigenvalue weighted by atomic mass is 32.2. The van der Waals surface area contributed by atoms with Crippen LogP contribution in [0.1, 0.15) is 78.1 Å². The maximum absolute atomic E-state index is 11.1. The standard InChI is InChI=1S/C15H30O2S/c1-3-5-7-8-9-11-13-18-14(15(16)17)12-10-6-4-2/h14H,3-13H2,1-2H3,(H,16,17). The van der Waals surface area contributed by atoms with Crippen LogP contribution in [0.25, 0.3) is 0 Å². The summed E-state index contributed by atoms with van der Waals surface area (Å²) >= 11 is 1.64. The van der Waals surface area contributed by atoms with E-state index >= 15 is 0 Å². The van der Waals surface area contributed by atoms with Crippen molar-refractivity contribution in [2.75, 3.05) is 5.75 Å². The van der Waals surface area contributed by atoms with Crippen molar-refractivity contribution >= 4 is 17.7 Å². The van der Waals surface area contributed by atoms with Crippen LogP contribution < -0.4 is 0 Å². The lowest BCUT2D eigenvalue weighted by atomic mass is 10.1. The van der Waals surface area contributed by atoms with Crippen molar-refractivity contribution in [3.05, 3.63) is 0 Å². The Bertz CT molecular complexity index is 195. The van der Waals surface area contributed by atoms with Gasteiger partial charge >= 0.3 is 5.97 Å². The molecule has 0 amide bonds. The Balaban J connectivity index is 3.49. The molecule has 0 aromatic heterocycles. The first-order valence-electron chi connectivity index (χ1n) is 7.56. The van der Waals surface area contributed by atoms with Gasteiger partial charge in [-0.15, -0.1) is 11.8 Å². The summed E-state index contributed by atoms with van der Waals surface area (Å²) in [7, 11) is 0. The molecule has 3 heteroatoms. The largest absolute Gasteiger partial charge is 0.480 e. The zero-order valence-corrected chi connectivity index (χ0v) is 12.9. The monoisotopic (exact) mass is 274 g/mol. The molecule has 0 saturated heterocycles. The quantitative estimate of drug-likeness (QED) is 0.474. The Labute approximate surface area is 117 Å². The Morgan fingerprint density at radius 2 is 1.50 bits per heavy atom. The lowest BCUT2D eigenvalue weighted by Crippen LogP contribution is -2.16. The van der Waals surface area contributed by atoms with Gasteiger partial charge in [-0.3, -0.25) is 4.79 Å². The molecule has 0 fully saturated rings. The Hall–Kier alpha value is -0.180. The summed E-state index contributed by atoms with van der Waals surface area (Å²) in [6.07, 6.45) is 11.9. The van der Waals surface area contributed by atoms with E-state index in [1.165, 1.54) is 38.5 Å². The molecular formula is C15H30O2S. The highest BCUT2D eigenvalue weighted by Crippen LogP contribution is 2.20. The molecular weight excluding hydrogens is 244 g/mol. The zero-order chi connectivity index (χ0) is 13.6. The number of rotatable bonds is 13. The van der Waals surface area contributed by atoms with Crippen LogP contribution in [0.4, 0.5) is 0 Å².